The highest BCUT2D eigenvalue weighted by molar-refractivity contribution is 7.89. The Bertz CT molecular complexity index is 1380. The van der Waals surface area contributed by atoms with Crippen molar-refractivity contribution in [1.29, 1.82) is 0 Å². The van der Waals surface area contributed by atoms with Gasteiger partial charge in [-0.15, -0.1) is 11.3 Å². The number of amides is 1. The highest BCUT2D eigenvalue weighted by Crippen LogP contribution is 2.44. The lowest BCUT2D eigenvalue weighted by Crippen LogP contribution is -2.29. The lowest BCUT2D eigenvalue weighted by Gasteiger charge is -2.24. The Hall–Kier alpha value is -3.18. The van der Waals surface area contributed by atoms with Crippen molar-refractivity contribution < 1.29 is 27.9 Å². The standard InChI is InChI=1S/C22H17ClN2O6S2/c1-31-16-9-4-12(23)11-15(16)20(26)18-19(17-3-2-10-32-17)25(22(28)21(18)27)13-5-7-14(8-6-13)33(24,29)30/h2-11,19,26H,1H3,(H2,24,29,30)/b20-18-. The van der Waals surface area contributed by atoms with E-state index in [0.29, 0.717) is 9.90 Å². The van der Waals surface area contributed by atoms with Crippen LogP contribution < -0.4 is 14.8 Å². The summed E-state index contributed by atoms with van der Waals surface area (Å²) in [5.74, 6) is -1.94. The fourth-order valence-corrected chi connectivity index (χ4v) is 5.13. The molecule has 1 fully saturated rings. The topological polar surface area (TPSA) is 127 Å². The lowest BCUT2D eigenvalue weighted by atomic mass is 9.99. The summed E-state index contributed by atoms with van der Waals surface area (Å²) in [6.45, 7) is 0. The van der Waals surface area contributed by atoms with E-state index in [9.17, 15) is 23.1 Å². The van der Waals surface area contributed by atoms with Gasteiger partial charge in [-0.3, -0.25) is 14.5 Å². The minimum absolute atomic E-state index is 0.140. The average molecular weight is 505 g/mol. The van der Waals surface area contributed by atoms with E-state index in [1.807, 2.05) is 0 Å². The highest BCUT2D eigenvalue weighted by Gasteiger charge is 2.47. The third kappa shape index (κ3) is 4.13. The molecule has 0 aliphatic carbocycles. The molecule has 1 aromatic heterocycles. The molecule has 0 radical (unpaired) electrons. The molecule has 1 amide bonds. The molecule has 3 N–H and O–H groups in total. The van der Waals surface area contributed by atoms with Gasteiger partial charge in [0.05, 0.1) is 23.1 Å². The summed E-state index contributed by atoms with van der Waals surface area (Å²) >= 11 is 7.39. The number of methoxy groups -OCH3 is 1. The average Bonchev–Trinajstić information content (AvgIpc) is 3.40. The summed E-state index contributed by atoms with van der Waals surface area (Å²) in [5.41, 5.74) is 0.285. The Morgan fingerprint density at radius 3 is 2.42 bits per heavy atom. The van der Waals surface area contributed by atoms with Crippen molar-refractivity contribution in [2.24, 2.45) is 5.14 Å². The first-order valence-corrected chi connectivity index (χ1v) is 12.2. The van der Waals surface area contributed by atoms with Gasteiger partial charge in [0.1, 0.15) is 17.6 Å². The van der Waals surface area contributed by atoms with E-state index in [4.69, 9.17) is 21.5 Å². The Balaban J connectivity index is 1.93. The number of carbonyl (C=O) groups is 2. The molecule has 170 valence electrons. The van der Waals surface area contributed by atoms with Crippen molar-refractivity contribution in [2.75, 3.05) is 12.0 Å². The number of nitrogens with two attached hydrogens (primary N) is 1. The molecule has 1 saturated heterocycles. The number of hydrogen-bond donors (Lipinski definition) is 2. The molecular formula is C22H17ClN2O6S2. The van der Waals surface area contributed by atoms with Gasteiger partial charge in [0.2, 0.25) is 10.0 Å². The zero-order chi connectivity index (χ0) is 23.9. The fourth-order valence-electron chi connectivity index (χ4n) is 3.62. The molecule has 2 heterocycles. The Morgan fingerprint density at radius 2 is 1.85 bits per heavy atom. The van der Waals surface area contributed by atoms with Gasteiger partial charge >= 0.3 is 0 Å². The summed E-state index contributed by atoms with van der Waals surface area (Å²) in [7, 11) is -2.54. The van der Waals surface area contributed by atoms with E-state index >= 15 is 0 Å². The van der Waals surface area contributed by atoms with E-state index in [1.165, 1.54) is 53.7 Å². The quantitative estimate of drug-likeness (QED) is 0.310. The molecule has 11 heteroatoms. The number of benzene rings is 2. The van der Waals surface area contributed by atoms with Crippen LogP contribution in [-0.4, -0.2) is 32.3 Å². The molecule has 3 aromatic rings. The first-order chi connectivity index (χ1) is 15.6. The number of aliphatic hydroxyl groups excluding tert-OH is 1. The van der Waals surface area contributed by atoms with Crippen LogP contribution in [0.1, 0.15) is 16.5 Å². The number of halogens is 1. The van der Waals surface area contributed by atoms with Gasteiger partial charge in [-0.05, 0) is 53.9 Å². The zero-order valence-electron chi connectivity index (χ0n) is 17.1. The molecular weight excluding hydrogens is 488 g/mol. The summed E-state index contributed by atoms with van der Waals surface area (Å²) in [4.78, 5) is 27.9. The van der Waals surface area contributed by atoms with E-state index < -0.39 is 33.5 Å². The number of carbonyl (C=O) groups excluding carboxylic acids is 2. The second-order valence-electron chi connectivity index (χ2n) is 7.07. The van der Waals surface area contributed by atoms with Crippen molar-refractivity contribution in [3.8, 4) is 5.75 Å². The maximum atomic E-state index is 13.1. The number of rotatable bonds is 5. The molecule has 1 unspecified atom stereocenters. The van der Waals surface area contributed by atoms with Crippen LogP contribution in [0.2, 0.25) is 5.02 Å². The molecule has 1 atom stereocenters. The molecule has 2 aromatic carbocycles. The largest absolute Gasteiger partial charge is 0.507 e. The normalized spacial score (nSPS) is 18.0. The number of sulfonamides is 1. The number of thiophene rings is 1. The maximum absolute atomic E-state index is 13.1. The van der Waals surface area contributed by atoms with Gasteiger partial charge in [-0.1, -0.05) is 17.7 Å². The molecule has 0 bridgehead atoms. The maximum Gasteiger partial charge on any atom is 0.300 e. The summed E-state index contributed by atoms with van der Waals surface area (Å²) in [5, 5.41) is 18.4. The van der Waals surface area contributed by atoms with Gasteiger partial charge in [0.15, 0.2) is 0 Å². The molecule has 1 aliphatic rings. The summed E-state index contributed by atoms with van der Waals surface area (Å²) < 4.78 is 28.5. The predicted molar refractivity (Wildman–Crippen MR) is 125 cm³/mol. The van der Waals surface area contributed by atoms with E-state index in [1.54, 1.807) is 29.6 Å². The molecule has 1 aliphatic heterocycles. The minimum Gasteiger partial charge on any atom is -0.507 e. The predicted octanol–water partition coefficient (Wildman–Crippen LogP) is 3.68. The monoisotopic (exact) mass is 504 g/mol. The fraction of sp³-hybridized carbons (Fsp3) is 0.0909. The number of anilines is 1. The van der Waals surface area contributed by atoms with Crippen LogP contribution in [0, 0.1) is 0 Å². The van der Waals surface area contributed by atoms with Crippen molar-refractivity contribution in [3.63, 3.8) is 0 Å². The van der Waals surface area contributed by atoms with Gasteiger partial charge in [0.25, 0.3) is 11.7 Å². The molecule has 0 saturated carbocycles. The second kappa shape index (κ2) is 8.64. The molecule has 0 spiro atoms. The van der Waals surface area contributed by atoms with Crippen LogP contribution >= 0.6 is 22.9 Å². The first-order valence-electron chi connectivity index (χ1n) is 9.44. The van der Waals surface area contributed by atoms with Crippen molar-refractivity contribution in [2.45, 2.75) is 10.9 Å². The lowest BCUT2D eigenvalue weighted by molar-refractivity contribution is -0.132. The van der Waals surface area contributed by atoms with Gasteiger partial charge in [0, 0.05) is 15.6 Å². The summed E-state index contributed by atoms with van der Waals surface area (Å²) in [6.07, 6.45) is 0. The van der Waals surface area contributed by atoms with E-state index in [-0.39, 0.29) is 27.5 Å². The number of Topliss-reactive ketones (excluding diaryl/α,β-unsaturated/α-hetero) is 1. The Morgan fingerprint density at radius 1 is 1.15 bits per heavy atom. The van der Waals surface area contributed by atoms with Crippen molar-refractivity contribution >= 4 is 56.1 Å². The Kier molecular flexibility index (Phi) is 6.02. The first kappa shape index (κ1) is 23.0. The van der Waals surface area contributed by atoms with Crippen LogP contribution in [-0.2, 0) is 19.6 Å². The molecule has 33 heavy (non-hydrogen) atoms. The number of ketones is 1. The third-order valence-corrected chi connectivity index (χ3v) is 7.21. The zero-order valence-corrected chi connectivity index (χ0v) is 19.4. The van der Waals surface area contributed by atoms with Crippen LogP contribution in [0.5, 0.6) is 5.75 Å². The Labute approximate surface area is 198 Å². The van der Waals surface area contributed by atoms with Crippen molar-refractivity contribution in [1.82, 2.24) is 0 Å². The van der Waals surface area contributed by atoms with Gasteiger partial charge in [-0.2, -0.15) is 0 Å². The van der Waals surface area contributed by atoms with Crippen LogP contribution in [0.4, 0.5) is 5.69 Å². The second-order valence-corrected chi connectivity index (χ2v) is 10.0. The van der Waals surface area contributed by atoms with E-state index in [0.717, 1.165) is 0 Å². The van der Waals surface area contributed by atoms with Crippen LogP contribution in [0.25, 0.3) is 5.76 Å². The highest BCUT2D eigenvalue weighted by atomic mass is 35.5. The molecule has 8 nitrogen and oxygen atoms in total. The minimum atomic E-state index is -3.94. The van der Waals surface area contributed by atoms with Crippen LogP contribution in [0.3, 0.4) is 0 Å². The number of nitrogens with zero attached hydrogens (tertiary/aromatic N) is 1. The number of aliphatic hydroxyl groups is 1. The molecule has 4 rings (SSSR count). The number of hydrogen-bond acceptors (Lipinski definition) is 7. The van der Waals surface area contributed by atoms with Crippen LogP contribution in [0.15, 0.2) is 70.4 Å². The van der Waals surface area contributed by atoms with E-state index in [2.05, 4.69) is 0 Å². The smallest absolute Gasteiger partial charge is 0.300 e. The van der Waals surface area contributed by atoms with Crippen molar-refractivity contribution in [3.05, 3.63) is 81.0 Å². The number of ether oxygens (including phenoxy) is 1. The third-order valence-electron chi connectivity index (χ3n) is 5.12. The van der Waals surface area contributed by atoms with Gasteiger partial charge in [-0.25, -0.2) is 13.6 Å². The SMILES string of the molecule is COc1ccc(Cl)cc1/C(O)=C1/C(=O)C(=O)N(c2ccc(S(N)(=O)=O)cc2)C1c1cccs1. The summed E-state index contributed by atoms with van der Waals surface area (Å²) in [6, 6.07) is 12.3. The number of primary sulfonamides is 1. The van der Waals surface area contributed by atoms with Gasteiger partial charge < -0.3 is 9.84 Å².